The maximum absolute atomic E-state index is 13.8. The maximum Gasteiger partial charge on any atom is 0.348 e. The SMILES string of the molecule is Cc1cc(C)n(CC(=O)N2CC[C@H]3NC(=O)[C@H](Cc4ccccc4)NC(=O)C4(CC=CC[C@H]3C2)CCOCC4)c(=O)n1. The van der Waals surface area contributed by atoms with Crippen molar-refractivity contribution < 1.29 is 19.1 Å². The van der Waals surface area contributed by atoms with Crippen molar-refractivity contribution in [2.75, 3.05) is 26.3 Å². The van der Waals surface area contributed by atoms with Gasteiger partial charge >= 0.3 is 5.69 Å². The molecule has 0 aliphatic carbocycles. The molecule has 4 heterocycles. The highest BCUT2D eigenvalue weighted by Gasteiger charge is 2.41. The van der Waals surface area contributed by atoms with Gasteiger partial charge in [-0.25, -0.2) is 4.79 Å². The van der Waals surface area contributed by atoms with E-state index in [-0.39, 0.29) is 36.2 Å². The number of hydrogen-bond donors (Lipinski definition) is 2. The van der Waals surface area contributed by atoms with Gasteiger partial charge in [-0.1, -0.05) is 42.5 Å². The topological polar surface area (TPSA) is 123 Å². The largest absolute Gasteiger partial charge is 0.381 e. The Kier molecular flexibility index (Phi) is 9.21. The van der Waals surface area contributed by atoms with Crippen LogP contribution in [0.2, 0.25) is 0 Å². The van der Waals surface area contributed by atoms with Gasteiger partial charge in [0.05, 0.1) is 5.41 Å². The quantitative estimate of drug-likeness (QED) is 0.539. The summed E-state index contributed by atoms with van der Waals surface area (Å²) in [6, 6.07) is 10.7. The highest BCUT2D eigenvalue weighted by Crippen LogP contribution is 2.36. The average molecular weight is 576 g/mol. The van der Waals surface area contributed by atoms with Crippen LogP contribution in [0.5, 0.6) is 0 Å². The zero-order valence-electron chi connectivity index (χ0n) is 24.5. The fourth-order valence-corrected chi connectivity index (χ4v) is 6.41. The first kappa shape index (κ1) is 29.7. The number of benzene rings is 1. The minimum absolute atomic E-state index is 0.00463. The molecule has 1 aromatic carbocycles. The third kappa shape index (κ3) is 6.81. The third-order valence-corrected chi connectivity index (χ3v) is 9.00. The van der Waals surface area contributed by atoms with Gasteiger partial charge in [0.15, 0.2) is 0 Å². The van der Waals surface area contributed by atoms with Crippen LogP contribution in [0.15, 0.2) is 53.3 Å². The van der Waals surface area contributed by atoms with Gasteiger partial charge in [-0.05, 0) is 57.6 Å². The molecule has 42 heavy (non-hydrogen) atoms. The summed E-state index contributed by atoms with van der Waals surface area (Å²) in [6.45, 7) is 5.46. The lowest BCUT2D eigenvalue weighted by Crippen LogP contribution is -2.58. The third-order valence-electron chi connectivity index (χ3n) is 9.00. The highest BCUT2D eigenvalue weighted by atomic mass is 16.5. The van der Waals surface area contributed by atoms with E-state index in [0.29, 0.717) is 76.2 Å². The van der Waals surface area contributed by atoms with Crippen molar-refractivity contribution in [3.8, 4) is 0 Å². The van der Waals surface area contributed by atoms with Gasteiger partial charge in [-0.15, -0.1) is 0 Å². The minimum Gasteiger partial charge on any atom is -0.381 e. The average Bonchev–Trinajstić information content (AvgIpc) is 2.97. The lowest BCUT2D eigenvalue weighted by molar-refractivity contribution is -0.140. The van der Waals surface area contributed by atoms with Crippen LogP contribution in [0, 0.1) is 25.2 Å². The first-order valence-electron chi connectivity index (χ1n) is 14.9. The van der Waals surface area contributed by atoms with Gasteiger partial charge < -0.3 is 20.3 Å². The number of carbonyl (C=O) groups excluding carboxylic acids is 3. The molecule has 3 aliphatic heterocycles. The van der Waals surface area contributed by atoms with E-state index in [2.05, 4.69) is 27.8 Å². The number of aryl methyl sites for hydroxylation is 2. The van der Waals surface area contributed by atoms with Crippen molar-refractivity contribution in [2.45, 2.75) is 71.0 Å². The second kappa shape index (κ2) is 13.0. The van der Waals surface area contributed by atoms with E-state index in [9.17, 15) is 19.2 Å². The Bertz CT molecular complexity index is 1380. The number of carbonyl (C=O) groups is 3. The van der Waals surface area contributed by atoms with Crippen molar-refractivity contribution in [3.63, 3.8) is 0 Å². The number of fused-ring (bicyclic) bond motifs is 1. The molecule has 2 N–H and O–H groups in total. The molecule has 0 unspecified atom stereocenters. The molecule has 10 nitrogen and oxygen atoms in total. The smallest absolute Gasteiger partial charge is 0.348 e. The van der Waals surface area contributed by atoms with E-state index >= 15 is 0 Å². The first-order chi connectivity index (χ1) is 20.2. The Morgan fingerprint density at radius 2 is 1.83 bits per heavy atom. The number of amides is 3. The molecule has 3 atom stereocenters. The van der Waals surface area contributed by atoms with E-state index in [1.807, 2.05) is 30.3 Å². The highest BCUT2D eigenvalue weighted by molar-refractivity contribution is 5.90. The fraction of sp³-hybridized carbons (Fsp3) is 0.531. The van der Waals surface area contributed by atoms with Gasteiger partial charge in [0.25, 0.3) is 0 Å². The van der Waals surface area contributed by atoms with Crippen molar-refractivity contribution in [1.82, 2.24) is 25.1 Å². The summed E-state index contributed by atoms with van der Waals surface area (Å²) in [5.41, 5.74) is 1.25. The van der Waals surface area contributed by atoms with Crippen LogP contribution in [-0.4, -0.2) is 70.6 Å². The summed E-state index contributed by atoms with van der Waals surface area (Å²) in [7, 11) is 0. The Balaban J connectivity index is 1.36. The molecular formula is C32H41N5O5. The summed E-state index contributed by atoms with van der Waals surface area (Å²) < 4.78 is 6.99. The molecular weight excluding hydrogens is 534 g/mol. The van der Waals surface area contributed by atoms with Crippen molar-refractivity contribution >= 4 is 17.7 Å². The second-order valence-electron chi connectivity index (χ2n) is 11.9. The van der Waals surface area contributed by atoms with E-state index in [1.54, 1.807) is 24.8 Å². The van der Waals surface area contributed by atoms with Crippen LogP contribution in [0.4, 0.5) is 0 Å². The molecule has 0 radical (unpaired) electrons. The number of allylic oxidation sites excluding steroid dienone is 2. The number of likely N-dealkylation sites (tertiary alicyclic amines) is 1. The number of aromatic nitrogens is 2. The van der Waals surface area contributed by atoms with Crippen LogP contribution in [0.25, 0.3) is 0 Å². The minimum atomic E-state index is -0.716. The molecule has 0 saturated carbocycles. The molecule has 0 bridgehead atoms. The summed E-state index contributed by atoms with van der Waals surface area (Å²) in [6.07, 6.45) is 7.59. The lowest BCUT2D eigenvalue weighted by atomic mass is 9.75. The van der Waals surface area contributed by atoms with Gasteiger partial charge in [-0.3, -0.25) is 19.0 Å². The molecule has 3 amide bonds. The predicted molar refractivity (Wildman–Crippen MR) is 158 cm³/mol. The van der Waals surface area contributed by atoms with E-state index in [0.717, 1.165) is 5.56 Å². The molecule has 1 spiro atoms. The predicted octanol–water partition coefficient (Wildman–Crippen LogP) is 2.07. The van der Waals surface area contributed by atoms with E-state index in [1.165, 1.54) is 4.57 Å². The monoisotopic (exact) mass is 575 g/mol. The Labute approximate surface area is 246 Å². The van der Waals surface area contributed by atoms with Gasteiger partial charge in [0.1, 0.15) is 12.6 Å². The van der Waals surface area contributed by atoms with Crippen LogP contribution in [0.3, 0.4) is 0 Å². The van der Waals surface area contributed by atoms with Crippen molar-refractivity contribution in [1.29, 1.82) is 0 Å². The van der Waals surface area contributed by atoms with Crippen LogP contribution in [0.1, 0.15) is 49.1 Å². The molecule has 2 fully saturated rings. The Morgan fingerprint density at radius 1 is 1.07 bits per heavy atom. The summed E-state index contributed by atoms with van der Waals surface area (Å²) >= 11 is 0. The summed E-state index contributed by atoms with van der Waals surface area (Å²) in [4.78, 5) is 59.1. The second-order valence-corrected chi connectivity index (χ2v) is 11.9. The van der Waals surface area contributed by atoms with Gasteiger partial charge in [0.2, 0.25) is 17.7 Å². The number of piperidine rings is 1. The summed E-state index contributed by atoms with van der Waals surface area (Å²) in [5.74, 6) is -0.446. The molecule has 10 heteroatoms. The number of ether oxygens (including phenoxy) is 1. The molecule has 2 saturated heterocycles. The summed E-state index contributed by atoms with van der Waals surface area (Å²) in [5, 5.41) is 6.35. The van der Waals surface area contributed by atoms with E-state index in [4.69, 9.17) is 4.74 Å². The fourth-order valence-electron chi connectivity index (χ4n) is 6.41. The number of nitrogens with zero attached hydrogens (tertiary/aromatic N) is 3. The molecule has 5 rings (SSSR count). The van der Waals surface area contributed by atoms with Crippen LogP contribution < -0.4 is 16.3 Å². The van der Waals surface area contributed by atoms with Crippen molar-refractivity contribution in [3.05, 3.63) is 76.0 Å². The normalized spacial score (nSPS) is 24.6. The Hall–Kier alpha value is -3.79. The van der Waals surface area contributed by atoms with Crippen LogP contribution >= 0.6 is 0 Å². The maximum atomic E-state index is 13.8. The molecule has 1 aromatic heterocycles. The zero-order chi connectivity index (χ0) is 29.7. The number of nitrogens with one attached hydrogen (secondary N) is 2. The van der Waals surface area contributed by atoms with E-state index < -0.39 is 17.1 Å². The number of rotatable bonds is 4. The van der Waals surface area contributed by atoms with Gasteiger partial charge in [0, 0.05) is 56.1 Å². The standard InChI is InChI=1S/C32H41N5O5/c1-22-18-23(2)37(31(41)33-22)21-28(38)36-15-11-26-25(20-36)10-6-7-12-32(13-16-42-17-14-32)30(40)35-27(29(39)34-26)19-24-8-4-3-5-9-24/h3-9,18,25-27H,10-17,19-21H2,1-2H3,(H,34,39)(H,35,40)/t25-,26+,27-/m0/s1. The van der Waals surface area contributed by atoms with Crippen LogP contribution in [-0.2, 0) is 32.1 Å². The van der Waals surface area contributed by atoms with Crippen molar-refractivity contribution in [2.24, 2.45) is 11.3 Å². The molecule has 2 aromatic rings. The van der Waals surface area contributed by atoms with Gasteiger partial charge in [-0.2, -0.15) is 4.98 Å². The lowest BCUT2D eigenvalue weighted by Gasteiger charge is -2.40. The Morgan fingerprint density at radius 3 is 2.57 bits per heavy atom. The zero-order valence-corrected chi connectivity index (χ0v) is 24.5. The number of hydrogen-bond acceptors (Lipinski definition) is 6. The first-order valence-corrected chi connectivity index (χ1v) is 14.9. The molecule has 3 aliphatic rings. The molecule has 224 valence electrons.